The third-order valence-electron chi connectivity index (χ3n) is 6.03. The molecule has 1 saturated carbocycles. The van der Waals surface area contributed by atoms with Gasteiger partial charge in [-0.3, -0.25) is 4.98 Å². The molecule has 2 N–H and O–H groups in total. The van der Waals surface area contributed by atoms with Gasteiger partial charge in [0.1, 0.15) is 11.4 Å². The summed E-state index contributed by atoms with van der Waals surface area (Å²) in [6.45, 7) is 1.85. The minimum Gasteiger partial charge on any atom is -0.335 e. The van der Waals surface area contributed by atoms with Gasteiger partial charge < -0.3 is 10.6 Å². The Labute approximate surface area is 196 Å². The van der Waals surface area contributed by atoms with Crippen LogP contribution in [0.15, 0.2) is 71.3 Å². The summed E-state index contributed by atoms with van der Waals surface area (Å²) < 4.78 is 15.4. The van der Waals surface area contributed by atoms with Crippen LogP contribution in [0.2, 0.25) is 0 Å². The molecular formula is C26H27BrFN3O. The molecule has 1 aliphatic rings. The highest BCUT2D eigenvalue weighted by molar-refractivity contribution is 9.10. The minimum atomic E-state index is -1.04. The van der Waals surface area contributed by atoms with Gasteiger partial charge in [-0.15, -0.1) is 0 Å². The van der Waals surface area contributed by atoms with Crippen molar-refractivity contribution in [2.75, 3.05) is 0 Å². The zero-order valence-electron chi connectivity index (χ0n) is 18.1. The van der Waals surface area contributed by atoms with Gasteiger partial charge in [-0.25, -0.2) is 9.18 Å². The predicted molar refractivity (Wildman–Crippen MR) is 128 cm³/mol. The van der Waals surface area contributed by atoms with Crippen LogP contribution >= 0.6 is 15.9 Å². The highest BCUT2D eigenvalue weighted by Crippen LogP contribution is 2.34. The molecule has 3 aromatic rings. The zero-order valence-corrected chi connectivity index (χ0v) is 19.7. The number of nitrogens with one attached hydrogen (secondary N) is 2. The highest BCUT2D eigenvalue weighted by atomic mass is 79.9. The number of hydrogen-bond donors (Lipinski definition) is 2. The van der Waals surface area contributed by atoms with Crippen molar-refractivity contribution in [3.63, 3.8) is 0 Å². The number of hydrogen-bond acceptors (Lipinski definition) is 2. The van der Waals surface area contributed by atoms with E-state index in [1.165, 1.54) is 12.1 Å². The molecule has 32 heavy (non-hydrogen) atoms. The third-order valence-corrected chi connectivity index (χ3v) is 6.50. The first-order valence-electron chi connectivity index (χ1n) is 11.0. The maximum absolute atomic E-state index is 14.6. The van der Waals surface area contributed by atoms with Crippen LogP contribution in [-0.2, 0) is 12.0 Å². The SMILES string of the molecule is Cc1cc(F)cc(C(Cc2ccccc2)(NC(=O)NC2CCCC2)c2ccc(Br)cn2)c1. The first-order valence-corrected chi connectivity index (χ1v) is 11.8. The second-order valence-electron chi connectivity index (χ2n) is 8.53. The largest absolute Gasteiger partial charge is 0.335 e. The lowest BCUT2D eigenvalue weighted by Crippen LogP contribution is -2.54. The molecule has 0 radical (unpaired) electrons. The Kier molecular flexibility index (Phi) is 6.89. The van der Waals surface area contributed by atoms with Gasteiger partial charge in [-0.1, -0.05) is 49.2 Å². The molecular weight excluding hydrogens is 469 g/mol. The fourth-order valence-corrected chi connectivity index (χ4v) is 4.75. The molecule has 1 atom stereocenters. The van der Waals surface area contributed by atoms with Crippen molar-refractivity contribution in [3.8, 4) is 0 Å². The smallest absolute Gasteiger partial charge is 0.316 e. The van der Waals surface area contributed by atoms with Crippen LogP contribution in [0, 0.1) is 12.7 Å². The maximum Gasteiger partial charge on any atom is 0.316 e. The molecule has 0 saturated heterocycles. The van der Waals surface area contributed by atoms with E-state index >= 15 is 0 Å². The number of urea groups is 1. The minimum absolute atomic E-state index is 0.163. The Morgan fingerprint density at radius 3 is 2.53 bits per heavy atom. The number of carbonyl (C=O) groups is 1. The van der Waals surface area contributed by atoms with E-state index in [1.54, 1.807) is 6.20 Å². The Morgan fingerprint density at radius 2 is 1.88 bits per heavy atom. The fourth-order valence-electron chi connectivity index (χ4n) is 4.52. The number of benzene rings is 2. The fraction of sp³-hybridized carbons (Fsp3) is 0.308. The van der Waals surface area contributed by atoms with E-state index in [0.717, 1.165) is 41.3 Å². The lowest BCUT2D eigenvalue weighted by molar-refractivity contribution is 0.225. The molecule has 2 aromatic carbocycles. The Morgan fingerprint density at radius 1 is 1.12 bits per heavy atom. The lowest BCUT2D eigenvalue weighted by atomic mass is 9.80. The molecule has 1 heterocycles. The molecule has 4 rings (SSSR count). The summed E-state index contributed by atoms with van der Waals surface area (Å²) in [6, 6.07) is 18.5. The maximum atomic E-state index is 14.6. The van der Waals surface area contributed by atoms with E-state index in [1.807, 2.05) is 55.5 Å². The quantitative estimate of drug-likeness (QED) is 0.439. The van der Waals surface area contributed by atoms with Gasteiger partial charge in [0, 0.05) is 23.1 Å². The topological polar surface area (TPSA) is 54.0 Å². The Balaban J connectivity index is 1.83. The molecule has 1 unspecified atom stereocenters. The molecule has 1 aromatic heterocycles. The summed E-state index contributed by atoms with van der Waals surface area (Å²) in [6.07, 6.45) is 6.35. The third kappa shape index (κ3) is 5.18. The summed E-state index contributed by atoms with van der Waals surface area (Å²) in [7, 11) is 0. The second-order valence-corrected chi connectivity index (χ2v) is 9.44. The molecule has 166 valence electrons. The van der Waals surface area contributed by atoms with E-state index in [4.69, 9.17) is 0 Å². The predicted octanol–water partition coefficient (Wildman–Crippen LogP) is 6.02. The highest BCUT2D eigenvalue weighted by Gasteiger charge is 2.39. The summed E-state index contributed by atoms with van der Waals surface area (Å²) in [5.74, 6) is -0.340. The molecule has 6 heteroatoms. The van der Waals surface area contributed by atoms with Gasteiger partial charge in [0.25, 0.3) is 0 Å². The van der Waals surface area contributed by atoms with Crippen molar-refractivity contribution in [3.05, 3.63) is 99.5 Å². The van der Waals surface area contributed by atoms with Gasteiger partial charge >= 0.3 is 6.03 Å². The number of nitrogens with zero attached hydrogens (tertiary/aromatic N) is 1. The van der Waals surface area contributed by atoms with Crippen LogP contribution in [0.3, 0.4) is 0 Å². The number of pyridine rings is 1. The van der Waals surface area contributed by atoms with Crippen LogP contribution in [0.1, 0.15) is 48.1 Å². The number of aromatic nitrogens is 1. The molecule has 4 nitrogen and oxygen atoms in total. The van der Waals surface area contributed by atoms with Gasteiger partial charge in [0.05, 0.1) is 5.69 Å². The lowest BCUT2D eigenvalue weighted by Gasteiger charge is -2.36. The van der Waals surface area contributed by atoms with Crippen molar-refractivity contribution in [2.45, 2.75) is 50.6 Å². The van der Waals surface area contributed by atoms with Gasteiger partial charge in [-0.2, -0.15) is 0 Å². The Bertz CT molecular complexity index is 1050. The normalized spacial score (nSPS) is 15.8. The molecule has 2 amide bonds. The Hall–Kier alpha value is -2.73. The van der Waals surface area contributed by atoms with Crippen LogP contribution in [0.4, 0.5) is 9.18 Å². The van der Waals surface area contributed by atoms with Crippen molar-refractivity contribution < 1.29 is 9.18 Å². The van der Waals surface area contributed by atoms with E-state index in [9.17, 15) is 9.18 Å². The standard InChI is InChI=1S/C26H27BrFN3O/c1-18-13-20(15-22(28)14-18)26(16-19-7-3-2-4-8-19,24-12-11-21(27)17-29-24)31-25(32)30-23-9-5-6-10-23/h2-4,7-8,11-15,17,23H,5-6,9-10,16H2,1H3,(H2,30,31,32). The second kappa shape index (κ2) is 9.82. The van der Waals surface area contributed by atoms with Gasteiger partial charge in [0.2, 0.25) is 0 Å². The van der Waals surface area contributed by atoms with Crippen LogP contribution in [-0.4, -0.2) is 17.1 Å². The van der Waals surface area contributed by atoms with Crippen molar-refractivity contribution in [1.29, 1.82) is 0 Å². The van der Waals surface area contributed by atoms with Crippen molar-refractivity contribution in [2.24, 2.45) is 0 Å². The van der Waals surface area contributed by atoms with Gasteiger partial charge in [-0.05, 0) is 76.7 Å². The van der Waals surface area contributed by atoms with Crippen LogP contribution in [0.5, 0.6) is 0 Å². The van der Waals surface area contributed by atoms with E-state index in [-0.39, 0.29) is 17.9 Å². The van der Waals surface area contributed by atoms with Crippen molar-refractivity contribution >= 4 is 22.0 Å². The number of rotatable bonds is 6. The summed E-state index contributed by atoms with van der Waals surface area (Å²) in [5.41, 5.74) is 2.07. The van der Waals surface area contributed by atoms with Crippen molar-refractivity contribution in [1.82, 2.24) is 15.6 Å². The van der Waals surface area contributed by atoms with E-state index < -0.39 is 5.54 Å². The van der Waals surface area contributed by atoms with Crippen LogP contribution < -0.4 is 10.6 Å². The molecule has 1 aliphatic carbocycles. The van der Waals surface area contributed by atoms with E-state index in [2.05, 4.69) is 31.5 Å². The first kappa shape index (κ1) is 22.5. The van der Waals surface area contributed by atoms with Crippen LogP contribution in [0.25, 0.3) is 0 Å². The summed E-state index contributed by atoms with van der Waals surface area (Å²) >= 11 is 3.45. The average molecular weight is 496 g/mol. The number of aryl methyl sites for hydroxylation is 1. The van der Waals surface area contributed by atoms with Gasteiger partial charge in [0.15, 0.2) is 0 Å². The van der Waals surface area contributed by atoms with E-state index in [0.29, 0.717) is 17.7 Å². The number of carbonyl (C=O) groups excluding carboxylic acids is 1. The number of halogens is 2. The molecule has 0 spiro atoms. The zero-order chi connectivity index (χ0) is 22.6. The number of amides is 2. The molecule has 1 fully saturated rings. The molecule has 0 bridgehead atoms. The monoisotopic (exact) mass is 495 g/mol. The summed E-state index contributed by atoms with van der Waals surface area (Å²) in [4.78, 5) is 17.9. The average Bonchev–Trinajstić information content (AvgIpc) is 3.26. The first-order chi connectivity index (χ1) is 15.4. The summed E-state index contributed by atoms with van der Waals surface area (Å²) in [5, 5.41) is 6.34. The molecule has 0 aliphatic heterocycles.